The molecule has 0 spiro atoms. The zero-order valence-corrected chi connectivity index (χ0v) is 14.0. The van der Waals surface area contributed by atoms with E-state index in [1.165, 1.54) is 0 Å². The Morgan fingerprint density at radius 2 is 2.09 bits per heavy atom. The number of ether oxygens (including phenoxy) is 1. The second-order valence-electron chi connectivity index (χ2n) is 6.24. The van der Waals surface area contributed by atoms with Crippen LogP contribution in [0, 0.1) is 12.3 Å². The molecule has 5 heteroatoms. The molecule has 0 saturated heterocycles. The first-order valence-corrected chi connectivity index (χ1v) is 7.77. The monoisotopic (exact) mass is 308 g/mol. The molecule has 0 aliphatic rings. The smallest absolute Gasteiger partial charge is 0.319 e. The molecule has 0 aromatic heterocycles. The molecule has 3 N–H and O–H groups in total. The van der Waals surface area contributed by atoms with E-state index in [9.17, 15) is 9.90 Å². The van der Waals surface area contributed by atoms with Gasteiger partial charge in [0.15, 0.2) is 0 Å². The summed E-state index contributed by atoms with van der Waals surface area (Å²) < 4.78 is 5.53. The zero-order chi connectivity index (χ0) is 16.6. The van der Waals surface area contributed by atoms with E-state index in [2.05, 4.69) is 10.6 Å². The van der Waals surface area contributed by atoms with Crippen LogP contribution in [0.4, 0.5) is 10.5 Å². The number of anilines is 1. The standard InChI is InChI=1S/C17H28N2O3/c1-5-22-15-11-13(2)7-8-14(15)19-16(21)18-10-6-9-17(3,4)12-20/h7-8,11,20H,5-6,9-10,12H2,1-4H3,(H2,18,19,21). The Morgan fingerprint density at radius 1 is 1.36 bits per heavy atom. The van der Waals surface area contributed by atoms with Gasteiger partial charge in [-0.1, -0.05) is 19.9 Å². The Labute approximate surface area is 133 Å². The molecule has 1 aromatic carbocycles. The average Bonchev–Trinajstić information content (AvgIpc) is 2.47. The van der Waals surface area contributed by atoms with Gasteiger partial charge in [0.05, 0.1) is 12.3 Å². The molecule has 1 aromatic rings. The van der Waals surface area contributed by atoms with Crippen LogP contribution in [0.25, 0.3) is 0 Å². The highest BCUT2D eigenvalue weighted by Gasteiger charge is 2.15. The number of hydrogen-bond acceptors (Lipinski definition) is 3. The van der Waals surface area contributed by atoms with Gasteiger partial charge in [0.2, 0.25) is 0 Å². The van der Waals surface area contributed by atoms with E-state index in [1.54, 1.807) is 0 Å². The van der Waals surface area contributed by atoms with Gasteiger partial charge in [0.25, 0.3) is 0 Å². The SMILES string of the molecule is CCOc1cc(C)ccc1NC(=O)NCCCC(C)(C)CO. The van der Waals surface area contributed by atoms with E-state index in [0.29, 0.717) is 24.6 Å². The molecular formula is C17H28N2O3. The topological polar surface area (TPSA) is 70.6 Å². The van der Waals surface area contributed by atoms with Gasteiger partial charge in [-0.05, 0) is 49.8 Å². The number of urea groups is 1. The number of amides is 2. The molecule has 0 atom stereocenters. The van der Waals surface area contributed by atoms with Crippen LogP contribution in [-0.4, -0.2) is 30.9 Å². The maximum atomic E-state index is 11.9. The molecule has 0 aliphatic heterocycles. The molecule has 0 fully saturated rings. The van der Waals surface area contributed by atoms with E-state index in [1.807, 2.05) is 45.9 Å². The third-order valence-electron chi connectivity index (χ3n) is 3.43. The lowest BCUT2D eigenvalue weighted by atomic mass is 9.89. The van der Waals surface area contributed by atoms with E-state index in [0.717, 1.165) is 18.4 Å². The van der Waals surface area contributed by atoms with Crippen LogP contribution >= 0.6 is 0 Å². The number of aliphatic hydroxyl groups is 1. The Kier molecular flexibility index (Phi) is 7.18. The van der Waals surface area contributed by atoms with Gasteiger partial charge >= 0.3 is 6.03 Å². The Morgan fingerprint density at radius 3 is 2.73 bits per heavy atom. The molecule has 0 heterocycles. The minimum Gasteiger partial charge on any atom is -0.492 e. The summed E-state index contributed by atoms with van der Waals surface area (Å²) in [4.78, 5) is 11.9. The highest BCUT2D eigenvalue weighted by molar-refractivity contribution is 5.90. The fraction of sp³-hybridized carbons (Fsp3) is 0.588. The van der Waals surface area contributed by atoms with Crippen LogP contribution in [0.1, 0.15) is 39.2 Å². The number of aliphatic hydroxyl groups excluding tert-OH is 1. The van der Waals surface area contributed by atoms with Crippen LogP contribution in [0.3, 0.4) is 0 Å². The maximum Gasteiger partial charge on any atom is 0.319 e. The summed E-state index contributed by atoms with van der Waals surface area (Å²) in [7, 11) is 0. The summed E-state index contributed by atoms with van der Waals surface area (Å²) in [5.74, 6) is 0.680. The van der Waals surface area contributed by atoms with E-state index >= 15 is 0 Å². The number of hydrogen-bond donors (Lipinski definition) is 3. The van der Waals surface area contributed by atoms with Gasteiger partial charge in [-0.25, -0.2) is 4.79 Å². The summed E-state index contributed by atoms with van der Waals surface area (Å²) >= 11 is 0. The number of carbonyl (C=O) groups is 1. The van der Waals surface area contributed by atoms with Crippen molar-refractivity contribution in [1.82, 2.24) is 5.32 Å². The van der Waals surface area contributed by atoms with Gasteiger partial charge in [-0.2, -0.15) is 0 Å². The molecular weight excluding hydrogens is 280 g/mol. The molecule has 0 unspecified atom stereocenters. The maximum absolute atomic E-state index is 11.9. The van der Waals surface area contributed by atoms with E-state index < -0.39 is 0 Å². The molecule has 0 bridgehead atoms. The van der Waals surface area contributed by atoms with Crippen molar-refractivity contribution in [3.8, 4) is 5.75 Å². The van der Waals surface area contributed by atoms with Crippen molar-refractivity contribution in [2.75, 3.05) is 25.1 Å². The van der Waals surface area contributed by atoms with Gasteiger partial charge < -0.3 is 20.5 Å². The van der Waals surface area contributed by atoms with E-state index in [-0.39, 0.29) is 18.1 Å². The lowest BCUT2D eigenvalue weighted by Gasteiger charge is -2.21. The average molecular weight is 308 g/mol. The molecule has 2 amide bonds. The number of rotatable bonds is 8. The highest BCUT2D eigenvalue weighted by Crippen LogP contribution is 2.25. The van der Waals surface area contributed by atoms with Gasteiger partial charge in [0.1, 0.15) is 5.75 Å². The Balaban J connectivity index is 2.45. The zero-order valence-electron chi connectivity index (χ0n) is 14.0. The molecule has 0 radical (unpaired) electrons. The van der Waals surface area contributed by atoms with Crippen LogP contribution in [0.2, 0.25) is 0 Å². The lowest BCUT2D eigenvalue weighted by Crippen LogP contribution is -2.30. The first kappa shape index (κ1) is 18.3. The second-order valence-corrected chi connectivity index (χ2v) is 6.24. The Bertz CT molecular complexity index is 487. The first-order valence-electron chi connectivity index (χ1n) is 7.77. The third-order valence-corrected chi connectivity index (χ3v) is 3.43. The van der Waals surface area contributed by atoms with Crippen molar-refractivity contribution in [3.05, 3.63) is 23.8 Å². The summed E-state index contributed by atoms with van der Waals surface area (Å²) in [5.41, 5.74) is 1.65. The minimum absolute atomic E-state index is 0.1000. The van der Waals surface area contributed by atoms with Crippen LogP contribution < -0.4 is 15.4 Å². The van der Waals surface area contributed by atoms with Crippen molar-refractivity contribution in [2.24, 2.45) is 5.41 Å². The fourth-order valence-corrected chi connectivity index (χ4v) is 2.02. The number of nitrogens with one attached hydrogen (secondary N) is 2. The van der Waals surface area contributed by atoms with E-state index in [4.69, 9.17) is 4.74 Å². The molecule has 124 valence electrons. The van der Waals surface area contributed by atoms with Crippen molar-refractivity contribution in [3.63, 3.8) is 0 Å². The fourth-order valence-electron chi connectivity index (χ4n) is 2.02. The lowest BCUT2D eigenvalue weighted by molar-refractivity contribution is 0.148. The largest absolute Gasteiger partial charge is 0.492 e. The summed E-state index contributed by atoms with van der Waals surface area (Å²) in [6.45, 7) is 9.19. The number of benzene rings is 1. The Hall–Kier alpha value is -1.75. The summed E-state index contributed by atoms with van der Waals surface area (Å²) in [5, 5.41) is 14.8. The van der Waals surface area contributed by atoms with Gasteiger partial charge in [-0.15, -0.1) is 0 Å². The van der Waals surface area contributed by atoms with Crippen molar-refractivity contribution < 1.29 is 14.6 Å². The first-order chi connectivity index (χ1) is 10.4. The summed E-state index contributed by atoms with van der Waals surface area (Å²) in [6.07, 6.45) is 1.69. The highest BCUT2D eigenvalue weighted by atomic mass is 16.5. The predicted octanol–water partition coefficient (Wildman–Crippen LogP) is 3.31. The number of carbonyl (C=O) groups excluding carboxylic acids is 1. The van der Waals surface area contributed by atoms with Gasteiger partial charge in [0, 0.05) is 13.2 Å². The second kappa shape index (κ2) is 8.63. The predicted molar refractivity (Wildman–Crippen MR) is 89.5 cm³/mol. The molecule has 22 heavy (non-hydrogen) atoms. The minimum atomic E-state index is -0.244. The summed E-state index contributed by atoms with van der Waals surface area (Å²) in [6, 6.07) is 5.44. The number of aryl methyl sites for hydroxylation is 1. The van der Waals surface area contributed by atoms with Crippen molar-refractivity contribution >= 4 is 11.7 Å². The van der Waals surface area contributed by atoms with Gasteiger partial charge in [-0.3, -0.25) is 0 Å². The van der Waals surface area contributed by atoms with Crippen LogP contribution in [0.5, 0.6) is 5.75 Å². The molecule has 5 nitrogen and oxygen atoms in total. The van der Waals surface area contributed by atoms with Crippen LogP contribution in [0.15, 0.2) is 18.2 Å². The molecule has 0 aliphatic carbocycles. The quantitative estimate of drug-likeness (QED) is 0.645. The molecule has 0 saturated carbocycles. The van der Waals surface area contributed by atoms with Crippen molar-refractivity contribution in [1.29, 1.82) is 0 Å². The van der Waals surface area contributed by atoms with Crippen LogP contribution in [-0.2, 0) is 0 Å². The molecule has 1 rings (SSSR count). The third kappa shape index (κ3) is 6.35. The normalized spacial score (nSPS) is 11.1. The van der Waals surface area contributed by atoms with Crippen molar-refractivity contribution in [2.45, 2.75) is 40.5 Å².